The zero-order chi connectivity index (χ0) is 19.9. The average molecular weight is 380 g/mol. The van der Waals surface area contributed by atoms with Crippen molar-refractivity contribution in [1.29, 1.82) is 0 Å². The van der Waals surface area contributed by atoms with Crippen molar-refractivity contribution in [3.05, 3.63) is 48.0 Å². The van der Waals surface area contributed by atoms with Crippen LogP contribution in [-0.4, -0.2) is 42.3 Å². The first-order chi connectivity index (χ1) is 13.6. The number of amides is 2. The maximum absolute atomic E-state index is 11.9. The predicted molar refractivity (Wildman–Crippen MR) is 112 cm³/mol. The zero-order valence-electron chi connectivity index (χ0n) is 16.6. The van der Waals surface area contributed by atoms with E-state index in [1.165, 1.54) is 21.2 Å². The van der Waals surface area contributed by atoms with Crippen LogP contribution in [-0.2, 0) is 9.59 Å². The molecule has 0 saturated carbocycles. The Balaban J connectivity index is 1.64. The van der Waals surface area contributed by atoms with Crippen LogP contribution < -0.4 is 10.6 Å². The van der Waals surface area contributed by atoms with Crippen molar-refractivity contribution in [3.63, 3.8) is 0 Å². The fraction of sp³-hybridized carbons (Fsp3) is 0.409. The fourth-order valence-electron chi connectivity index (χ4n) is 3.40. The van der Waals surface area contributed by atoms with Crippen molar-refractivity contribution in [2.75, 3.05) is 19.6 Å². The van der Waals surface area contributed by atoms with Crippen LogP contribution in [0.25, 0.3) is 10.8 Å². The molecule has 3 rings (SSSR count). The van der Waals surface area contributed by atoms with Crippen LogP contribution in [0.5, 0.6) is 0 Å². The van der Waals surface area contributed by atoms with Crippen LogP contribution in [0.2, 0.25) is 0 Å². The third-order valence-corrected chi connectivity index (χ3v) is 4.95. The van der Waals surface area contributed by atoms with Crippen molar-refractivity contribution in [2.24, 2.45) is 4.99 Å². The number of aliphatic imine (C=N–C) groups is 1. The van der Waals surface area contributed by atoms with Gasteiger partial charge in [-0.3, -0.25) is 19.5 Å². The van der Waals surface area contributed by atoms with E-state index in [1.54, 1.807) is 0 Å². The highest BCUT2D eigenvalue weighted by Crippen LogP contribution is 2.20. The summed E-state index contributed by atoms with van der Waals surface area (Å²) in [7, 11) is 0. The molecular formula is C22H28N4O2. The lowest BCUT2D eigenvalue weighted by atomic mass is 10.0. The summed E-state index contributed by atoms with van der Waals surface area (Å²) < 4.78 is 0. The second-order valence-electron chi connectivity index (χ2n) is 7.03. The van der Waals surface area contributed by atoms with Crippen LogP contribution in [0.3, 0.4) is 0 Å². The molecule has 2 amide bonds. The van der Waals surface area contributed by atoms with Crippen LogP contribution in [0.4, 0.5) is 0 Å². The van der Waals surface area contributed by atoms with E-state index in [2.05, 4.69) is 52.9 Å². The number of carbonyl (C=O) groups is 2. The Bertz CT molecular complexity index is 862. The van der Waals surface area contributed by atoms with Crippen LogP contribution in [0.1, 0.15) is 44.7 Å². The number of nitrogens with zero attached hydrogens (tertiary/aromatic N) is 2. The van der Waals surface area contributed by atoms with Gasteiger partial charge in [0.25, 0.3) is 0 Å². The molecule has 0 radical (unpaired) electrons. The Morgan fingerprint density at radius 2 is 1.82 bits per heavy atom. The molecule has 1 unspecified atom stereocenters. The van der Waals surface area contributed by atoms with E-state index >= 15 is 0 Å². The van der Waals surface area contributed by atoms with Crippen molar-refractivity contribution in [1.82, 2.24) is 15.5 Å². The molecule has 0 aromatic heterocycles. The molecule has 1 fully saturated rings. The van der Waals surface area contributed by atoms with Gasteiger partial charge < -0.3 is 10.6 Å². The Morgan fingerprint density at radius 1 is 1.11 bits per heavy atom. The Morgan fingerprint density at radius 3 is 2.54 bits per heavy atom. The molecular weight excluding hydrogens is 352 g/mol. The van der Waals surface area contributed by atoms with Crippen molar-refractivity contribution < 1.29 is 9.59 Å². The predicted octanol–water partition coefficient (Wildman–Crippen LogP) is 3.00. The van der Waals surface area contributed by atoms with Gasteiger partial charge in [0, 0.05) is 25.9 Å². The van der Waals surface area contributed by atoms with E-state index in [4.69, 9.17) is 0 Å². The zero-order valence-corrected chi connectivity index (χ0v) is 16.6. The number of hydrogen-bond donors (Lipinski definition) is 2. The molecule has 2 aromatic rings. The lowest BCUT2D eigenvalue weighted by Crippen LogP contribution is -2.42. The summed E-state index contributed by atoms with van der Waals surface area (Å²) >= 11 is 0. The first kappa shape index (κ1) is 19.9. The largest absolute Gasteiger partial charge is 0.357 e. The van der Waals surface area contributed by atoms with Gasteiger partial charge in [0.05, 0.1) is 12.6 Å². The molecule has 6 nitrogen and oxygen atoms in total. The molecule has 1 atom stereocenters. The molecule has 1 saturated heterocycles. The van der Waals surface area contributed by atoms with Gasteiger partial charge in [-0.15, -0.1) is 0 Å². The van der Waals surface area contributed by atoms with Crippen molar-refractivity contribution in [3.8, 4) is 0 Å². The number of fused-ring (bicyclic) bond motifs is 1. The molecule has 148 valence electrons. The van der Waals surface area contributed by atoms with E-state index in [1.807, 2.05) is 19.1 Å². The Kier molecular flexibility index (Phi) is 6.63. The van der Waals surface area contributed by atoms with Crippen LogP contribution >= 0.6 is 0 Å². The van der Waals surface area contributed by atoms with E-state index in [0.29, 0.717) is 38.3 Å². The number of benzene rings is 2. The monoisotopic (exact) mass is 380 g/mol. The summed E-state index contributed by atoms with van der Waals surface area (Å²) in [5.41, 5.74) is 1.17. The summed E-state index contributed by atoms with van der Waals surface area (Å²) in [6.45, 7) is 5.55. The third kappa shape index (κ3) is 4.88. The van der Waals surface area contributed by atoms with Gasteiger partial charge in [-0.05, 0) is 42.7 Å². The Hall–Kier alpha value is -2.89. The third-order valence-electron chi connectivity index (χ3n) is 4.95. The number of carbonyl (C=O) groups excluding carboxylic acids is 2. The van der Waals surface area contributed by atoms with Crippen LogP contribution in [0, 0.1) is 0 Å². The van der Waals surface area contributed by atoms with Gasteiger partial charge in [0.15, 0.2) is 5.96 Å². The number of hydrogen-bond acceptors (Lipinski definition) is 3. The van der Waals surface area contributed by atoms with Crippen molar-refractivity contribution in [2.45, 2.75) is 39.2 Å². The van der Waals surface area contributed by atoms with E-state index < -0.39 is 0 Å². The van der Waals surface area contributed by atoms with Crippen LogP contribution in [0.15, 0.2) is 47.5 Å². The van der Waals surface area contributed by atoms with Gasteiger partial charge in [-0.1, -0.05) is 36.4 Å². The molecule has 1 aliphatic heterocycles. The minimum absolute atomic E-state index is 0.0701. The molecule has 28 heavy (non-hydrogen) atoms. The second kappa shape index (κ2) is 9.35. The molecule has 2 N–H and O–H groups in total. The minimum atomic E-state index is -0.0889. The summed E-state index contributed by atoms with van der Waals surface area (Å²) in [6, 6.07) is 14.8. The molecule has 2 aromatic carbocycles. The molecule has 1 heterocycles. The number of imide groups is 1. The smallest absolute Gasteiger partial charge is 0.229 e. The lowest BCUT2D eigenvalue weighted by Gasteiger charge is -2.24. The maximum Gasteiger partial charge on any atom is 0.229 e. The molecule has 0 spiro atoms. The highest BCUT2D eigenvalue weighted by molar-refractivity contribution is 5.97. The molecule has 1 aliphatic rings. The Labute approximate surface area is 166 Å². The number of nitrogens with one attached hydrogen (secondary N) is 2. The number of piperidine rings is 1. The molecule has 6 heteroatoms. The lowest BCUT2D eigenvalue weighted by molar-refractivity contribution is -0.147. The fourth-order valence-corrected chi connectivity index (χ4v) is 3.40. The standard InChI is InChI=1S/C22H28N4O2/c1-3-23-22(24-13-14-26-20(27)9-6-10-21(26)28)25-16(2)18-12-11-17-7-4-5-8-19(17)15-18/h4-5,7-8,11-12,15-16H,3,6,9-10,13-14H2,1-2H3,(H2,23,24,25). The van der Waals surface area contributed by atoms with E-state index in [0.717, 1.165) is 6.54 Å². The summed E-state index contributed by atoms with van der Waals surface area (Å²) in [4.78, 5) is 29.7. The number of likely N-dealkylation sites (tertiary alicyclic amines) is 1. The number of guanidine groups is 1. The minimum Gasteiger partial charge on any atom is -0.357 e. The summed E-state index contributed by atoms with van der Waals surface area (Å²) in [6.07, 6.45) is 1.56. The average Bonchev–Trinajstić information content (AvgIpc) is 2.70. The molecule has 0 aliphatic carbocycles. The van der Waals surface area contributed by atoms with Gasteiger partial charge in [0.2, 0.25) is 11.8 Å². The number of rotatable bonds is 6. The van der Waals surface area contributed by atoms with Gasteiger partial charge in [-0.25, -0.2) is 0 Å². The van der Waals surface area contributed by atoms with E-state index in [9.17, 15) is 9.59 Å². The van der Waals surface area contributed by atoms with Crippen molar-refractivity contribution >= 4 is 28.5 Å². The summed E-state index contributed by atoms with van der Waals surface area (Å²) in [5.74, 6) is 0.503. The van der Waals surface area contributed by atoms with E-state index in [-0.39, 0.29) is 17.9 Å². The first-order valence-corrected chi connectivity index (χ1v) is 9.95. The van der Waals surface area contributed by atoms with Gasteiger partial charge >= 0.3 is 0 Å². The second-order valence-corrected chi connectivity index (χ2v) is 7.03. The normalized spacial score (nSPS) is 16.4. The summed E-state index contributed by atoms with van der Waals surface area (Å²) in [5, 5.41) is 9.06. The first-order valence-electron chi connectivity index (χ1n) is 9.95. The highest BCUT2D eigenvalue weighted by Gasteiger charge is 2.25. The van der Waals surface area contributed by atoms with Gasteiger partial charge in [-0.2, -0.15) is 0 Å². The SMILES string of the molecule is CCNC(=NCCN1C(=O)CCCC1=O)NC(C)c1ccc2ccccc2c1. The maximum atomic E-state index is 11.9. The van der Waals surface area contributed by atoms with Gasteiger partial charge in [0.1, 0.15) is 0 Å². The molecule has 0 bridgehead atoms. The topological polar surface area (TPSA) is 73.8 Å². The highest BCUT2D eigenvalue weighted by atomic mass is 16.2. The quantitative estimate of drug-likeness (QED) is 0.459.